The molecule has 0 bridgehead atoms. The SMILES string of the molecule is O=C(O)CC(N=Cc1ccccc1O)C(CC(=O)O)N=Cc1ccccc1O. The first-order chi connectivity index (χ1) is 13.4. The second-order valence-electron chi connectivity index (χ2n) is 6.00. The van der Waals surface area contributed by atoms with Gasteiger partial charge in [-0.15, -0.1) is 0 Å². The average Bonchev–Trinajstić information content (AvgIpc) is 2.64. The molecule has 0 radical (unpaired) electrons. The Balaban J connectivity index is 2.33. The lowest BCUT2D eigenvalue weighted by atomic mass is 10.0. The molecule has 0 saturated heterocycles. The molecule has 2 unspecified atom stereocenters. The van der Waals surface area contributed by atoms with E-state index in [1.807, 2.05) is 0 Å². The Morgan fingerprint density at radius 2 is 1.11 bits per heavy atom. The van der Waals surface area contributed by atoms with E-state index < -0.39 is 36.9 Å². The first kappa shape index (κ1) is 20.6. The summed E-state index contributed by atoms with van der Waals surface area (Å²) < 4.78 is 0. The maximum Gasteiger partial charge on any atom is 0.305 e. The number of carboxylic acid groups (broad SMARTS) is 2. The number of carbonyl (C=O) groups is 2. The monoisotopic (exact) mass is 384 g/mol. The van der Waals surface area contributed by atoms with E-state index in [0.717, 1.165) is 0 Å². The summed E-state index contributed by atoms with van der Waals surface area (Å²) in [6.45, 7) is 0. The zero-order valence-electron chi connectivity index (χ0n) is 14.8. The molecule has 2 rings (SSSR count). The second kappa shape index (κ2) is 9.86. The van der Waals surface area contributed by atoms with Gasteiger partial charge >= 0.3 is 11.9 Å². The van der Waals surface area contributed by atoms with Gasteiger partial charge in [0.05, 0.1) is 24.9 Å². The molecule has 2 aromatic rings. The van der Waals surface area contributed by atoms with Crippen LogP contribution in [0.3, 0.4) is 0 Å². The molecule has 0 aliphatic carbocycles. The Bertz CT molecular complexity index is 820. The van der Waals surface area contributed by atoms with Crippen molar-refractivity contribution in [2.24, 2.45) is 9.98 Å². The molecule has 0 saturated carbocycles. The molecule has 2 aromatic carbocycles. The van der Waals surface area contributed by atoms with Crippen LogP contribution in [0.4, 0.5) is 0 Å². The van der Waals surface area contributed by atoms with Gasteiger partial charge in [0, 0.05) is 23.6 Å². The standard InChI is InChI=1S/C20H20N2O6/c23-17-7-3-1-5-13(17)11-21-15(9-19(25)26)16(10-20(27)28)22-12-14-6-2-4-8-18(14)24/h1-8,11-12,15-16,23-24H,9-10H2,(H,25,26)(H,27,28). The normalized spacial score (nSPS) is 13.6. The number of para-hydroxylation sites is 2. The number of hydrogen-bond donors (Lipinski definition) is 4. The summed E-state index contributed by atoms with van der Waals surface area (Å²) in [5.74, 6) is -2.39. The fraction of sp³-hybridized carbons (Fsp3) is 0.200. The van der Waals surface area contributed by atoms with Crippen molar-refractivity contribution in [2.75, 3.05) is 0 Å². The van der Waals surface area contributed by atoms with Crippen molar-refractivity contribution in [3.05, 3.63) is 59.7 Å². The van der Waals surface area contributed by atoms with Crippen LogP contribution in [0, 0.1) is 0 Å². The maximum absolute atomic E-state index is 11.2. The summed E-state index contributed by atoms with van der Waals surface area (Å²) in [7, 11) is 0. The van der Waals surface area contributed by atoms with Crippen molar-refractivity contribution in [3.63, 3.8) is 0 Å². The highest BCUT2D eigenvalue weighted by atomic mass is 16.4. The van der Waals surface area contributed by atoms with Gasteiger partial charge in [-0.3, -0.25) is 19.6 Å². The van der Waals surface area contributed by atoms with Gasteiger partial charge < -0.3 is 20.4 Å². The molecular formula is C20H20N2O6. The highest BCUT2D eigenvalue weighted by Gasteiger charge is 2.25. The van der Waals surface area contributed by atoms with Crippen LogP contribution in [0.2, 0.25) is 0 Å². The quantitative estimate of drug-likeness (QED) is 0.489. The van der Waals surface area contributed by atoms with Gasteiger partial charge in [-0.2, -0.15) is 0 Å². The number of benzene rings is 2. The van der Waals surface area contributed by atoms with Crippen LogP contribution < -0.4 is 0 Å². The van der Waals surface area contributed by atoms with Crippen molar-refractivity contribution < 1.29 is 30.0 Å². The number of carboxylic acids is 2. The zero-order chi connectivity index (χ0) is 20.5. The van der Waals surface area contributed by atoms with Gasteiger partial charge in [-0.05, 0) is 24.3 Å². The van der Waals surface area contributed by atoms with E-state index in [1.54, 1.807) is 36.4 Å². The van der Waals surface area contributed by atoms with Crippen molar-refractivity contribution >= 4 is 24.4 Å². The first-order valence-electron chi connectivity index (χ1n) is 8.42. The number of nitrogens with zero attached hydrogens (tertiary/aromatic N) is 2. The summed E-state index contributed by atoms with van der Waals surface area (Å²) in [5.41, 5.74) is 0.744. The predicted octanol–water partition coefficient (Wildman–Crippen LogP) is 2.32. The lowest BCUT2D eigenvalue weighted by Crippen LogP contribution is -2.28. The van der Waals surface area contributed by atoms with Crippen LogP contribution in [-0.2, 0) is 9.59 Å². The average molecular weight is 384 g/mol. The minimum absolute atomic E-state index is 0.0344. The van der Waals surface area contributed by atoms with E-state index in [2.05, 4.69) is 9.98 Å². The van der Waals surface area contributed by atoms with Gasteiger partial charge in [-0.1, -0.05) is 24.3 Å². The van der Waals surface area contributed by atoms with Crippen LogP contribution in [0.5, 0.6) is 11.5 Å². The molecule has 0 amide bonds. The summed E-state index contributed by atoms with van der Waals surface area (Å²) in [4.78, 5) is 30.8. The highest BCUT2D eigenvalue weighted by molar-refractivity contribution is 5.85. The zero-order valence-corrected chi connectivity index (χ0v) is 14.8. The summed E-state index contributed by atoms with van der Waals surface area (Å²) in [6.07, 6.45) is 1.71. The number of hydrogen-bond acceptors (Lipinski definition) is 6. The van der Waals surface area contributed by atoms with Gasteiger partial charge in [0.25, 0.3) is 0 Å². The number of phenols is 2. The third kappa shape index (κ3) is 6.24. The van der Waals surface area contributed by atoms with Gasteiger partial charge in [-0.25, -0.2) is 0 Å². The van der Waals surface area contributed by atoms with Crippen molar-refractivity contribution in [3.8, 4) is 11.5 Å². The van der Waals surface area contributed by atoms with Crippen LogP contribution in [-0.4, -0.2) is 56.9 Å². The fourth-order valence-electron chi connectivity index (χ4n) is 2.48. The highest BCUT2D eigenvalue weighted by Crippen LogP contribution is 2.18. The number of aromatic hydroxyl groups is 2. The largest absolute Gasteiger partial charge is 0.507 e. The predicted molar refractivity (Wildman–Crippen MR) is 103 cm³/mol. The summed E-state index contributed by atoms with van der Waals surface area (Å²) in [5, 5.41) is 38.0. The first-order valence-corrected chi connectivity index (χ1v) is 8.42. The second-order valence-corrected chi connectivity index (χ2v) is 6.00. The number of aliphatic imine (C=N–C) groups is 2. The third-order valence-corrected chi connectivity index (χ3v) is 3.90. The molecule has 8 nitrogen and oxygen atoms in total. The maximum atomic E-state index is 11.2. The van der Waals surface area contributed by atoms with Gasteiger partial charge in [0.2, 0.25) is 0 Å². The van der Waals surface area contributed by atoms with E-state index in [4.69, 9.17) is 0 Å². The van der Waals surface area contributed by atoms with Crippen LogP contribution in [0.1, 0.15) is 24.0 Å². The topological polar surface area (TPSA) is 140 Å². The van der Waals surface area contributed by atoms with Gasteiger partial charge in [0.1, 0.15) is 11.5 Å². The Morgan fingerprint density at radius 3 is 1.43 bits per heavy atom. The lowest BCUT2D eigenvalue weighted by Gasteiger charge is -2.18. The molecule has 146 valence electrons. The van der Waals surface area contributed by atoms with E-state index in [1.165, 1.54) is 24.6 Å². The van der Waals surface area contributed by atoms with Crippen molar-refractivity contribution in [2.45, 2.75) is 24.9 Å². The molecule has 0 fully saturated rings. The molecule has 0 heterocycles. The van der Waals surface area contributed by atoms with Crippen LogP contribution in [0.25, 0.3) is 0 Å². The Kier molecular flexibility index (Phi) is 7.27. The number of aliphatic carboxylic acids is 2. The fourth-order valence-corrected chi connectivity index (χ4v) is 2.48. The minimum Gasteiger partial charge on any atom is -0.507 e. The molecule has 4 N–H and O–H groups in total. The van der Waals surface area contributed by atoms with Crippen molar-refractivity contribution in [1.82, 2.24) is 0 Å². The molecule has 8 heteroatoms. The minimum atomic E-state index is -1.16. The molecule has 0 spiro atoms. The van der Waals surface area contributed by atoms with Crippen LogP contribution in [0.15, 0.2) is 58.5 Å². The van der Waals surface area contributed by atoms with E-state index in [-0.39, 0.29) is 11.5 Å². The van der Waals surface area contributed by atoms with E-state index in [0.29, 0.717) is 11.1 Å². The van der Waals surface area contributed by atoms with Gasteiger partial charge in [0.15, 0.2) is 0 Å². The number of phenolic OH excluding ortho intramolecular Hbond substituents is 2. The summed E-state index contributed by atoms with van der Waals surface area (Å²) >= 11 is 0. The third-order valence-electron chi connectivity index (χ3n) is 3.90. The molecule has 28 heavy (non-hydrogen) atoms. The molecular weight excluding hydrogens is 364 g/mol. The Hall–Kier alpha value is -3.68. The van der Waals surface area contributed by atoms with Crippen LogP contribution >= 0.6 is 0 Å². The Labute approximate surface area is 161 Å². The Morgan fingerprint density at radius 1 is 0.750 bits per heavy atom. The molecule has 2 atom stereocenters. The molecule has 0 aliphatic heterocycles. The number of rotatable bonds is 9. The van der Waals surface area contributed by atoms with Crippen molar-refractivity contribution in [1.29, 1.82) is 0 Å². The molecule has 0 aliphatic rings. The van der Waals surface area contributed by atoms with E-state index in [9.17, 15) is 30.0 Å². The lowest BCUT2D eigenvalue weighted by molar-refractivity contribution is -0.140. The summed E-state index contributed by atoms with van der Waals surface area (Å²) in [6, 6.07) is 10.8. The smallest absolute Gasteiger partial charge is 0.305 e. The van der Waals surface area contributed by atoms with E-state index >= 15 is 0 Å². The molecule has 0 aromatic heterocycles.